The van der Waals surface area contributed by atoms with Crippen molar-refractivity contribution < 1.29 is 9.84 Å². The lowest BCUT2D eigenvalue weighted by Crippen LogP contribution is -2.32. The fourth-order valence-electron chi connectivity index (χ4n) is 2.15. The second kappa shape index (κ2) is 6.49. The maximum atomic E-state index is 12.0. The van der Waals surface area contributed by atoms with Crippen LogP contribution in [0.3, 0.4) is 0 Å². The molecule has 2 heterocycles. The fourth-order valence-corrected chi connectivity index (χ4v) is 2.58. The van der Waals surface area contributed by atoms with E-state index in [0.29, 0.717) is 10.2 Å². The second-order valence-corrected chi connectivity index (χ2v) is 5.40. The van der Waals surface area contributed by atoms with Crippen molar-refractivity contribution in [2.75, 3.05) is 18.5 Å². The van der Waals surface area contributed by atoms with Gasteiger partial charge in [0.2, 0.25) is 0 Å². The quantitative estimate of drug-likeness (QED) is 0.841. The summed E-state index contributed by atoms with van der Waals surface area (Å²) in [5.74, 6) is 0. The molecule has 0 radical (unpaired) electrons. The van der Waals surface area contributed by atoms with Gasteiger partial charge in [-0.25, -0.2) is 4.68 Å². The number of rotatable bonds is 5. The maximum Gasteiger partial charge on any atom is 0.283 e. The number of aliphatic hydroxyl groups is 1. The molecule has 1 aromatic heterocycles. The molecular weight excluding hydrogens is 314 g/mol. The molecular formula is C12H18BrN3O3. The number of aromatic nitrogens is 2. The van der Waals surface area contributed by atoms with Gasteiger partial charge in [0.15, 0.2) is 0 Å². The molecule has 1 aliphatic heterocycles. The van der Waals surface area contributed by atoms with Crippen LogP contribution in [0.1, 0.15) is 19.8 Å². The largest absolute Gasteiger partial charge is 0.394 e. The molecule has 1 fully saturated rings. The topological polar surface area (TPSA) is 76.4 Å². The third-order valence-electron chi connectivity index (χ3n) is 3.20. The minimum atomic E-state index is -0.251. The molecule has 2 unspecified atom stereocenters. The molecule has 0 aromatic carbocycles. The van der Waals surface area contributed by atoms with Gasteiger partial charge < -0.3 is 15.2 Å². The van der Waals surface area contributed by atoms with Crippen molar-refractivity contribution in [1.82, 2.24) is 9.78 Å². The molecule has 0 aliphatic carbocycles. The van der Waals surface area contributed by atoms with Crippen molar-refractivity contribution >= 4 is 21.6 Å². The molecule has 2 atom stereocenters. The average Bonchev–Trinajstić information content (AvgIpc) is 2.92. The van der Waals surface area contributed by atoms with Gasteiger partial charge in [-0.2, -0.15) is 5.10 Å². The Kier molecular flexibility index (Phi) is 4.95. The summed E-state index contributed by atoms with van der Waals surface area (Å²) in [5, 5.41) is 16.1. The van der Waals surface area contributed by atoms with E-state index in [9.17, 15) is 4.79 Å². The van der Waals surface area contributed by atoms with E-state index in [4.69, 9.17) is 9.84 Å². The third-order valence-corrected chi connectivity index (χ3v) is 3.97. The SMILES string of the molecule is CC(Nc1cnn(CCO)c(=O)c1Br)C1CCCO1. The van der Waals surface area contributed by atoms with Gasteiger partial charge in [-0.1, -0.05) is 0 Å². The van der Waals surface area contributed by atoms with Gasteiger partial charge >= 0.3 is 0 Å². The maximum absolute atomic E-state index is 12.0. The predicted molar refractivity (Wildman–Crippen MR) is 75.3 cm³/mol. The molecule has 106 valence electrons. The van der Waals surface area contributed by atoms with Gasteiger partial charge in [-0.3, -0.25) is 4.79 Å². The summed E-state index contributed by atoms with van der Waals surface area (Å²) in [6.07, 6.45) is 3.87. The summed E-state index contributed by atoms with van der Waals surface area (Å²) in [6, 6.07) is 0.119. The minimum Gasteiger partial charge on any atom is -0.394 e. The molecule has 2 N–H and O–H groups in total. The van der Waals surface area contributed by atoms with Gasteiger partial charge in [0.25, 0.3) is 5.56 Å². The van der Waals surface area contributed by atoms with E-state index in [2.05, 4.69) is 26.3 Å². The molecule has 19 heavy (non-hydrogen) atoms. The lowest BCUT2D eigenvalue weighted by molar-refractivity contribution is 0.0996. The van der Waals surface area contributed by atoms with Gasteiger partial charge in [-0.05, 0) is 35.7 Å². The van der Waals surface area contributed by atoms with Crippen LogP contribution >= 0.6 is 15.9 Å². The molecule has 7 heteroatoms. The second-order valence-electron chi connectivity index (χ2n) is 4.61. The van der Waals surface area contributed by atoms with E-state index >= 15 is 0 Å². The standard InChI is InChI=1S/C12H18BrN3O3/c1-8(10-3-2-6-19-10)15-9-7-14-16(4-5-17)12(18)11(9)13/h7-8,10,15,17H,2-6H2,1H3. The molecule has 1 saturated heterocycles. The normalized spacial score (nSPS) is 20.5. The number of nitrogens with zero attached hydrogens (tertiary/aromatic N) is 2. The van der Waals surface area contributed by atoms with Gasteiger partial charge in [0.05, 0.1) is 31.1 Å². The van der Waals surface area contributed by atoms with Crippen LogP contribution in [-0.2, 0) is 11.3 Å². The average molecular weight is 332 g/mol. The Hall–Kier alpha value is -0.920. The van der Waals surface area contributed by atoms with Gasteiger partial charge in [0.1, 0.15) is 4.47 Å². The first-order valence-corrected chi connectivity index (χ1v) is 7.17. The first-order valence-electron chi connectivity index (χ1n) is 6.38. The molecule has 1 aromatic rings. The monoisotopic (exact) mass is 331 g/mol. The van der Waals surface area contributed by atoms with E-state index in [1.807, 2.05) is 6.92 Å². The smallest absolute Gasteiger partial charge is 0.283 e. The zero-order chi connectivity index (χ0) is 13.8. The van der Waals surface area contributed by atoms with Crippen LogP contribution in [0.25, 0.3) is 0 Å². The van der Waals surface area contributed by atoms with E-state index < -0.39 is 0 Å². The summed E-state index contributed by atoms with van der Waals surface area (Å²) in [7, 11) is 0. The molecule has 0 bridgehead atoms. The first-order chi connectivity index (χ1) is 9.13. The number of hydrogen-bond acceptors (Lipinski definition) is 5. The Bertz CT molecular complexity index is 486. The van der Waals surface area contributed by atoms with Crippen molar-refractivity contribution in [2.24, 2.45) is 0 Å². The fraction of sp³-hybridized carbons (Fsp3) is 0.667. The Labute approximate surface area is 119 Å². The van der Waals surface area contributed by atoms with E-state index in [0.717, 1.165) is 19.4 Å². The number of ether oxygens (including phenoxy) is 1. The highest BCUT2D eigenvalue weighted by molar-refractivity contribution is 9.10. The number of nitrogens with one attached hydrogen (secondary N) is 1. The minimum absolute atomic E-state index is 0.113. The lowest BCUT2D eigenvalue weighted by Gasteiger charge is -2.21. The lowest BCUT2D eigenvalue weighted by atomic mass is 10.1. The highest BCUT2D eigenvalue weighted by atomic mass is 79.9. The molecule has 0 spiro atoms. The Morgan fingerprint density at radius 2 is 2.53 bits per heavy atom. The number of halogens is 1. The van der Waals surface area contributed by atoms with Crippen LogP contribution in [0.15, 0.2) is 15.5 Å². The van der Waals surface area contributed by atoms with Crippen molar-refractivity contribution in [3.8, 4) is 0 Å². The molecule has 1 aliphatic rings. The Balaban J connectivity index is 2.12. The van der Waals surface area contributed by atoms with Crippen LogP contribution in [0.2, 0.25) is 0 Å². The van der Waals surface area contributed by atoms with Crippen LogP contribution in [0.5, 0.6) is 0 Å². The van der Waals surface area contributed by atoms with Crippen LogP contribution in [0, 0.1) is 0 Å². The van der Waals surface area contributed by atoms with Crippen LogP contribution < -0.4 is 10.9 Å². The van der Waals surface area contributed by atoms with E-state index in [1.165, 1.54) is 4.68 Å². The zero-order valence-corrected chi connectivity index (χ0v) is 12.4. The summed E-state index contributed by atoms with van der Waals surface area (Å²) in [5.41, 5.74) is 0.404. The van der Waals surface area contributed by atoms with Crippen LogP contribution in [-0.4, -0.2) is 40.2 Å². The summed E-state index contributed by atoms with van der Waals surface area (Å²) in [4.78, 5) is 12.0. The summed E-state index contributed by atoms with van der Waals surface area (Å²) in [6.45, 7) is 2.91. The van der Waals surface area contributed by atoms with Crippen molar-refractivity contribution in [3.05, 3.63) is 21.0 Å². The van der Waals surface area contributed by atoms with E-state index in [1.54, 1.807) is 6.20 Å². The van der Waals surface area contributed by atoms with Crippen molar-refractivity contribution in [2.45, 2.75) is 38.5 Å². The molecule has 0 saturated carbocycles. The van der Waals surface area contributed by atoms with Crippen molar-refractivity contribution in [1.29, 1.82) is 0 Å². The highest BCUT2D eigenvalue weighted by Crippen LogP contribution is 2.22. The summed E-state index contributed by atoms with van der Waals surface area (Å²) >= 11 is 3.28. The highest BCUT2D eigenvalue weighted by Gasteiger charge is 2.23. The Morgan fingerprint density at radius 1 is 1.74 bits per heavy atom. The van der Waals surface area contributed by atoms with Crippen molar-refractivity contribution in [3.63, 3.8) is 0 Å². The molecule has 2 rings (SSSR count). The molecule has 6 nitrogen and oxygen atoms in total. The van der Waals surface area contributed by atoms with Gasteiger partial charge in [0, 0.05) is 12.6 Å². The number of anilines is 1. The Morgan fingerprint density at radius 3 is 3.16 bits per heavy atom. The first kappa shape index (κ1) is 14.5. The molecule has 0 amide bonds. The van der Waals surface area contributed by atoms with E-state index in [-0.39, 0.29) is 30.9 Å². The predicted octanol–water partition coefficient (Wildman–Crippen LogP) is 0.977. The number of aliphatic hydroxyl groups excluding tert-OH is 1. The zero-order valence-electron chi connectivity index (χ0n) is 10.8. The third kappa shape index (κ3) is 3.34. The summed E-state index contributed by atoms with van der Waals surface area (Å²) < 4.78 is 7.26. The van der Waals surface area contributed by atoms with Crippen LogP contribution in [0.4, 0.5) is 5.69 Å². The van der Waals surface area contributed by atoms with Gasteiger partial charge in [-0.15, -0.1) is 0 Å². The number of hydrogen-bond donors (Lipinski definition) is 2.